The van der Waals surface area contributed by atoms with Crippen molar-refractivity contribution < 1.29 is 23.5 Å². The van der Waals surface area contributed by atoms with Crippen molar-refractivity contribution in [2.45, 2.75) is 39.2 Å². The van der Waals surface area contributed by atoms with Gasteiger partial charge in [-0.05, 0) is 30.7 Å². The number of hydrogen-bond acceptors (Lipinski definition) is 3. The second kappa shape index (κ2) is 7.70. The van der Waals surface area contributed by atoms with Crippen LogP contribution < -0.4 is 5.32 Å². The molecule has 25 heavy (non-hydrogen) atoms. The topological polar surface area (TPSA) is 79.5 Å². The maximum atomic E-state index is 13.7. The number of benzene rings is 1. The van der Waals surface area contributed by atoms with Crippen LogP contribution in [0, 0.1) is 12.7 Å². The SMILES string of the molecule is Cc1oc(C(C)C)cc1C(=O)NC(CC(=O)O)c1ccc(Cl)c(F)c1. The number of aliphatic carboxylic acids is 1. The van der Waals surface area contributed by atoms with Gasteiger partial charge in [0, 0.05) is 5.92 Å². The highest BCUT2D eigenvalue weighted by molar-refractivity contribution is 6.30. The summed E-state index contributed by atoms with van der Waals surface area (Å²) in [5.41, 5.74) is 0.649. The fourth-order valence-electron chi connectivity index (χ4n) is 2.41. The maximum Gasteiger partial charge on any atom is 0.305 e. The van der Waals surface area contributed by atoms with E-state index >= 15 is 0 Å². The quantitative estimate of drug-likeness (QED) is 0.790. The molecule has 2 aromatic rings. The van der Waals surface area contributed by atoms with Crippen molar-refractivity contribution in [2.75, 3.05) is 0 Å². The summed E-state index contributed by atoms with van der Waals surface area (Å²) in [6.45, 7) is 5.53. The largest absolute Gasteiger partial charge is 0.481 e. The summed E-state index contributed by atoms with van der Waals surface area (Å²) in [4.78, 5) is 23.7. The fraction of sp³-hybridized carbons (Fsp3) is 0.333. The highest BCUT2D eigenvalue weighted by Gasteiger charge is 2.23. The number of carbonyl (C=O) groups is 2. The van der Waals surface area contributed by atoms with E-state index in [9.17, 15) is 14.0 Å². The Labute approximate surface area is 149 Å². The first kappa shape index (κ1) is 19.0. The first-order chi connectivity index (χ1) is 11.7. The van der Waals surface area contributed by atoms with Gasteiger partial charge < -0.3 is 14.8 Å². The Morgan fingerprint density at radius 1 is 1.32 bits per heavy atom. The lowest BCUT2D eigenvalue weighted by Gasteiger charge is -2.17. The fourth-order valence-corrected chi connectivity index (χ4v) is 2.52. The Kier molecular flexibility index (Phi) is 5.85. The second-order valence-electron chi connectivity index (χ2n) is 6.07. The Bertz CT molecular complexity index is 800. The average Bonchev–Trinajstić information content (AvgIpc) is 2.91. The van der Waals surface area contributed by atoms with E-state index in [4.69, 9.17) is 21.1 Å². The third-order valence-electron chi connectivity index (χ3n) is 3.78. The highest BCUT2D eigenvalue weighted by atomic mass is 35.5. The molecule has 0 spiro atoms. The molecule has 5 nitrogen and oxygen atoms in total. The summed E-state index contributed by atoms with van der Waals surface area (Å²) in [5.74, 6) is -1.06. The lowest BCUT2D eigenvalue weighted by molar-refractivity contribution is -0.137. The van der Waals surface area contributed by atoms with Crippen LogP contribution in [-0.4, -0.2) is 17.0 Å². The minimum Gasteiger partial charge on any atom is -0.481 e. The van der Waals surface area contributed by atoms with Gasteiger partial charge in [0.1, 0.15) is 17.3 Å². The van der Waals surface area contributed by atoms with E-state index in [1.807, 2.05) is 13.8 Å². The molecule has 0 radical (unpaired) electrons. The van der Waals surface area contributed by atoms with Gasteiger partial charge in [-0.1, -0.05) is 31.5 Å². The third-order valence-corrected chi connectivity index (χ3v) is 4.09. The van der Waals surface area contributed by atoms with E-state index in [0.29, 0.717) is 22.6 Å². The third kappa shape index (κ3) is 4.60. The molecule has 1 atom stereocenters. The molecule has 1 unspecified atom stereocenters. The van der Waals surface area contributed by atoms with Crippen LogP contribution in [0.25, 0.3) is 0 Å². The van der Waals surface area contributed by atoms with Crippen LogP contribution in [0.3, 0.4) is 0 Å². The molecule has 0 saturated carbocycles. The Hall–Kier alpha value is -2.34. The lowest BCUT2D eigenvalue weighted by Crippen LogP contribution is -2.30. The number of nitrogens with one attached hydrogen (secondary N) is 1. The molecular weight excluding hydrogens is 349 g/mol. The van der Waals surface area contributed by atoms with Crippen LogP contribution in [0.5, 0.6) is 0 Å². The van der Waals surface area contributed by atoms with Crippen LogP contribution in [-0.2, 0) is 4.79 Å². The van der Waals surface area contributed by atoms with Gasteiger partial charge in [0.15, 0.2) is 0 Å². The van der Waals surface area contributed by atoms with E-state index in [1.165, 1.54) is 12.1 Å². The Morgan fingerprint density at radius 3 is 2.52 bits per heavy atom. The minimum absolute atomic E-state index is 0.0728. The zero-order chi connectivity index (χ0) is 18.7. The molecular formula is C18H19ClFNO4. The Balaban J connectivity index is 2.28. The predicted molar refractivity (Wildman–Crippen MR) is 91.4 cm³/mol. The summed E-state index contributed by atoms with van der Waals surface area (Å²) < 4.78 is 19.2. The molecule has 0 aliphatic rings. The summed E-state index contributed by atoms with van der Waals surface area (Å²) in [6.07, 6.45) is -0.388. The molecule has 0 saturated heterocycles. The molecule has 1 amide bonds. The van der Waals surface area contributed by atoms with Gasteiger partial charge in [-0.15, -0.1) is 0 Å². The highest BCUT2D eigenvalue weighted by Crippen LogP contribution is 2.25. The van der Waals surface area contributed by atoms with Gasteiger partial charge in [0.05, 0.1) is 23.0 Å². The Morgan fingerprint density at radius 2 is 2.00 bits per heavy atom. The van der Waals surface area contributed by atoms with E-state index in [1.54, 1.807) is 13.0 Å². The standard InChI is InChI=1S/C18H19ClFNO4/c1-9(2)16-7-12(10(3)25-16)18(24)21-15(8-17(22)23)11-4-5-13(19)14(20)6-11/h4-7,9,15H,8H2,1-3H3,(H,21,24)(H,22,23). The van der Waals surface area contributed by atoms with Gasteiger partial charge >= 0.3 is 5.97 Å². The zero-order valence-electron chi connectivity index (χ0n) is 14.1. The number of rotatable bonds is 6. The minimum atomic E-state index is -1.12. The molecule has 1 heterocycles. The molecule has 2 rings (SSSR count). The maximum absolute atomic E-state index is 13.7. The monoisotopic (exact) mass is 367 g/mol. The molecule has 1 aromatic carbocycles. The molecule has 1 aromatic heterocycles. The van der Waals surface area contributed by atoms with Crippen molar-refractivity contribution in [1.29, 1.82) is 0 Å². The summed E-state index contributed by atoms with van der Waals surface area (Å²) in [5, 5.41) is 11.7. The van der Waals surface area contributed by atoms with Crippen LogP contribution in [0.1, 0.15) is 59.7 Å². The van der Waals surface area contributed by atoms with Crippen molar-refractivity contribution in [2.24, 2.45) is 0 Å². The van der Waals surface area contributed by atoms with E-state index in [0.717, 1.165) is 6.07 Å². The van der Waals surface area contributed by atoms with Gasteiger partial charge in [-0.3, -0.25) is 9.59 Å². The van der Waals surface area contributed by atoms with E-state index < -0.39 is 23.7 Å². The van der Waals surface area contributed by atoms with Crippen LogP contribution >= 0.6 is 11.6 Å². The number of hydrogen-bond donors (Lipinski definition) is 2. The molecule has 0 bridgehead atoms. The number of amides is 1. The molecule has 0 aliphatic carbocycles. The lowest BCUT2D eigenvalue weighted by atomic mass is 10.0. The van der Waals surface area contributed by atoms with Crippen LogP contribution in [0.4, 0.5) is 4.39 Å². The van der Waals surface area contributed by atoms with Crippen molar-refractivity contribution in [3.05, 3.63) is 57.8 Å². The average molecular weight is 368 g/mol. The summed E-state index contributed by atoms with van der Waals surface area (Å²) in [6, 6.07) is 4.68. The molecule has 0 fully saturated rings. The summed E-state index contributed by atoms with van der Waals surface area (Å²) >= 11 is 5.65. The number of carbonyl (C=O) groups excluding carboxylic acids is 1. The predicted octanol–water partition coefficient (Wildman–Crippen LogP) is 4.45. The zero-order valence-corrected chi connectivity index (χ0v) is 14.9. The van der Waals surface area contributed by atoms with Gasteiger partial charge in [0.25, 0.3) is 5.91 Å². The number of aryl methyl sites for hydroxylation is 1. The van der Waals surface area contributed by atoms with Crippen LogP contribution in [0.15, 0.2) is 28.7 Å². The smallest absolute Gasteiger partial charge is 0.305 e. The number of halogens is 2. The molecule has 134 valence electrons. The van der Waals surface area contributed by atoms with Crippen molar-refractivity contribution in [1.82, 2.24) is 5.32 Å². The number of furan rings is 1. The normalized spacial score (nSPS) is 12.2. The van der Waals surface area contributed by atoms with Crippen molar-refractivity contribution in [3.8, 4) is 0 Å². The molecule has 2 N–H and O–H groups in total. The summed E-state index contributed by atoms with van der Waals surface area (Å²) in [7, 11) is 0. The van der Waals surface area contributed by atoms with E-state index in [2.05, 4.69) is 5.32 Å². The van der Waals surface area contributed by atoms with Gasteiger partial charge in [-0.2, -0.15) is 0 Å². The number of carboxylic acids is 1. The molecule has 7 heteroatoms. The van der Waals surface area contributed by atoms with E-state index in [-0.39, 0.29) is 17.4 Å². The van der Waals surface area contributed by atoms with Gasteiger partial charge in [-0.25, -0.2) is 4.39 Å². The molecule has 0 aliphatic heterocycles. The first-order valence-electron chi connectivity index (χ1n) is 7.77. The van der Waals surface area contributed by atoms with Gasteiger partial charge in [0.2, 0.25) is 0 Å². The number of carboxylic acid groups (broad SMARTS) is 1. The van der Waals surface area contributed by atoms with Crippen LogP contribution in [0.2, 0.25) is 5.02 Å². The van der Waals surface area contributed by atoms with Crippen molar-refractivity contribution >= 4 is 23.5 Å². The van der Waals surface area contributed by atoms with Crippen molar-refractivity contribution in [3.63, 3.8) is 0 Å². The first-order valence-corrected chi connectivity index (χ1v) is 8.14. The second-order valence-corrected chi connectivity index (χ2v) is 6.48.